The molecule has 1 N–H and O–H groups in total. The van der Waals surface area contributed by atoms with Gasteiger partial charge in [0, 0.05) is 11.4 Å². The van der Waals surface area contributed by atoms with Gasteiger partial charge in [-0.3, -0.25) is 14.2 Å². The van der Waals surface area contributed by atoms with E-state index in [9.17, 15) is 14.0 Å². The largest absolute Gasteiger partial charge is 0.352 e. The predicted octanol–water partition coefficient (Wildman–Crippen LogP) is 3.60. The lowest BCUT2D eigenvalue weighted by Crippen LogP contribution is -2.35. The Kier molecular flexibility index (Phi) is 5.02. The fourth-order valence-electron chi connectivity index (χ4n) is 4.52. The summed E-state index contributed by atoms with van der Waals surface area (Å²) in [6, 6.07) is 14.1. The molecule has 0 atom stereocenters. The van der Waals surface area contributed by atoms with E-state index in [2.05, 4.69) is 10.3 Å². The highest BCUT2D eigenvalue weighted by Gasteiger charge is 2.21. The summed E-state index contributed by atoms with van der Waals surface area (Å²) in [5.74, 6) is -0.551. The van der Waals surface area contributed by atoms with E-state index in [1.165, 1.54) is 23.0 Å². The van der Waals surface area contributed by atoms with Crippen LogP contribution < -0.4 is 10.9 Å². The van der Waals surface area contributed by atoms with Gasteiger partial charge in [0.2, 0.25) is 5.91 Å². The van der Waals surface area contributed by atoms with Crippen molar-refractivity contribution < 1.29 is 9.18 Å². The van der Waals surface area contributed by atoms with Crippen LogP contribution in [-0.4, -0.2) is 26.1 Å². The molecule has 1 amide bonds. The first-order chi connectivity index (χ1) is 15.1. The molecule has 6 nitrogen and oxygen atoms in total. The molecule has 5 rings (SSSR count). The van der Waals surface area contributed by atoms with Crippen LogP contribution in [0.25, 0.3) is 21.9 Å². The van der Waals surface area contributed by atoms with Gasteiger partial charge in [0.1, 0.15) is 23.4 Å². The van der Waals surface area contributed by atoms with Gasteiger partial charge in [0.05, 0.1) is 18.4 Å². The van der Waals surface area contributed by atoms with Crippen molar-refractivity contribution in [3.63, 3.8) is 0 Å². The number of benzene rings is 2. The summed E-state index contributed by atoms with van der Waals surface area (Å²) in [6.45, 7) is 0.362. The molecule has 1 saturated carbocycles. The van der Waals surface area contributed by atoms with Crippen molar-refractivity contribution in [2.45, 2.75) is 44.8 Å². The van der Waals surface area contributed by atoms with Crippen LogP contribution >= 0.6 is 0 Å². The second-order valence-electron chi connectivity index (χ2n) is 8.16. The fraction of sp³-hybridized carbons (Fsp3) is 0.292. The molecule has 1 aliphatic rings. The summed E-state index contributed by atoms with van der Waals surface area (Å²) < 4.78 is 17.2. The zero-order chi connectivity index (χ0) is 21.4. The molecule has 0 radical (unpaired) electrons. The topological polar surface area (TPSA) is 68.9 Å². The van der Waals surface area contributed by atoms with Gasteiger partial charge in [-0.15, -0.1) is 0 Å². The number of fused-ring (bicyclic) bond motifs is 3. The minimum atomic E-state index is -0.405. The number of nitrogens with zero attached hydrogens (tertiary/aromatic N) is 3. The van der Waals surface area contributed by atoms with E-state index in [-0.39, 0.29) is 24.1 Å². The molecule has 2 heterocycles. The summed E-state index contributed by atoms with van der Waals surface area (Å²) in [7, 11) is 0. The van der Waals surface area contributed by atoms with Crippen molar-refractivity contribution in [2.24, 2.45) is 0 Å². The van der Waals surface area contributed by atoms with Crippen molar-refractivity contribution in [1.82, 2.24) is 19.4 Å². The molecular weight excluding hydrogens is 395 g/mol. The molecule has 0 unspecified atom stereocenters. The normalized spacial score (nSPS) is 14.5. The van der Waals surface area contributed by atoms with Crippen molar-refractivity contribution in [3.8, 4) is 0 Å². The Bertz CT molecular complexity index is 1320. The van der Waals surface area contributed by atoms with E-state index in [0.29, 0.717) is 28.5 Å². The first kappa shape index (κ1) is 19.5. The third kappa shape index (κ3) is 3.71. The maximum absolute atomic E-state index is 14.0. The highest BCUT2D eigenvalue weighted by Crippen LogP contribution is 2.26. The highest BCUT2D eigenvalue weighted by molar-refractivity contribution is 6.06. The SMILES string of the molecule is O=C(Cn1c2ccc(F)cc2c2ncn(Cc3ccccc3)c(=O)c21)NC1CCCC1. The summed E-state index contributed by atoms with van der Waals surface area (Å²) in [4.78, 5) is 30.7. The van der Waals surface area contributed by atoms with E-state index >= 15 is 0 Å². The van der Waals surface area contributed by atoms with Crippen LogP contribution in [0.3, 0.4) is 0 Å². The van der Waals surface area contributed by atoms with Crippen LogP contribution in [0.2, 0.25) is 0 Å². The van der Waals surface area contributed by atoms with Crippen molar-refractivity contribution >= 4 is 27.8 Å². The summed E-state index contributed by atoms with van der Waals surface area (Å²) >= 11 is 0. The van der Waals surface area contributed by atoms with Gasteiger partial charge < -0.3 is 9.88 Å². The second kappa shape index (κ2) is 7.98. The van der Waals surface area contributed by atoms with Crippen molar-refractivity contribution in [1.29, 1.82) is 0 Å². The van der Waals surface area contributed by atoms with Gasteiger partial charge in [0.25, 0.3) is 5.56 Å². The highest BCUT2D eigenvalue weighted by atomic mass is 19.1. The minimum absolute atomic E-state index is 0.00555. The summed E-state index contributed by atoms with van der Waals surface area (Å²) in [6.07, 6.45) is 5.69. The number of carbonyl (C=O) groups is 1. The summed E-state index contributed by atoms with van der Waals surface area (Å²) in [5, 5.41) is 3.60. The molecule has 0 saturated heterocycles. The number of amides is 1. The van der Waals surface area contributed by atoms with Crippen molar-refractivity contribution in [2.75, 3.05) is 0 Å². The lowest BCUT2D eigenvalue weighted by atomic mass is 10.2. The Hall–Kier alpha value is -3.48. The minimum Gasteiger partial charge on any atom is -0.352 e. The van der Waals surface area contributed by atoms with Gasteiger partial charge in [0.15, 0.2) is 0 Å². The van der Waals surface area contributed by atoms with Gasteiger partial charge in [-0.05, 0) is 36.6 Å². The molecular formula is C24H23FN4O2. The standard InChI is InChI=1S/C24H23FN4O2/c25-17-10-11-20-19(12-17)22-23(29(20)14-21(30)27-18-8-4-5-9-18)24(31)28(15-26-22)13-16-6-2-1-3-7-16/h1-3,6-7,10-12,15,18H,4-5,8-9,13-14H2,(H,27,30). The number of aromatic nitrogens is 3. The van der Waals surface area contributed by atoms with E-state index < -0.39 is 5.82 Å². The third-order valence-corrected chi connectivity index (χ3v) is 6.01. The monoisotopic (exact) mass is 418 g/mol. The van der Waals surface area contributed by atoms with E-state index in [1.54, 1.807) is 10.6 Å². The molecule has 0 aliphatic heterocycles. The maximum atomic E-state index is 14.0. The van der Waals surface area contributed by atoms with Crippen LogP contribution in [0, 0.1) is 5.82 Å². The number of hydrogen-bond acceptors (Lipinski definition) is 3. The van der Waals surface area contributed by atoms with Crippen molar-refractivity contribution in [3.05, 3.63) is 76.6 Å². The van der Waals surface area contributed by atoms with E-state index in [0.717, 1.165) is 31.2 Å². The fourth-order valence-corrected chi connectivity index (χ4v) is 4.52. The molecule has 4 aromatic rings. The third-order valence-electron chi connectivity index (χ3n) is 6.01. The van der Waals surface area contributed by atoms with E-state index in [4.69, 9.17) is 0 Å². The molecule has 31 heavy (non-hydrogen) atoms. The quantitative estimate of drug-likeness (QED) is 0.539. The summed E-state index contributed by atoms with van der Waals surface area (Å²) in [5.41, 5.74) is 2.08. The molecule has 0 bridgehead atoms. The molecule has 0 spiro atoms. The zero-order valence-corrected chi connectivity index (χ0v) is 17.1. The Morgan fingerprint density at radius 1 is 1.13 bits per heavy atom. The van der Waals surface area contributed by atoms with Gasteiger partial charge in [-0.25, -0.2) is 9.37 Å². The molecule has 158 valence electrons. The molecule has 2 aromatic heterocycles. The van der Waals surface area contributed by atoms with Crippen LogP contribution in [0.1, 0.15) is 31.2 Å². The first-order valence-corrected chi connectivity index (χ1v) is 10.6. The second-order valence-corrected chi connectivity index (χ2v) is 8.16. The molecule has 2 aromatic carbocycles. The predicted molar refractivity (Wildman–Crippen MR) is 117 cm³/mol. The smallest absolute Gasteiger partial charge is 0.278 e. The molecule has 1 aliphatic carbocycles. The number of rotatable bonds is 5. The average Bonchev–Trinajstić information content (AvgIpc) is 3.37. The Morgan fingerprint density at radius 3 is 2.68 bits per heavy atom. The Morgan fingerprint density at radius 2 is 1.90 bits per heavy atom. The average molecular weight is 418 g/mol. The van der Waals surface area contributed by atoms with Gasteiger partial charge >= 0.3 is 0 Å². The molecule has 7 heteroatoms. The number of halogens is 1. The van der Waals surface area contributed by atoms with Gasteiger partial charge in [-0.2, -0.15) is 0 Å². The Balaban J connectivity index is 1.61. The van der Waals surface area contributed by atoms with E-state index in [1.807, 2.05) is 30.3 Å². The number of nitrogens with one attached hydrogen (secondary N) is 1. The number of carbonyl (C=O) groups excluding carboxylic acids is 1. The van der Waals surface area contributed by atoms with Crippen LogP contribution in [0.4, 0.5) is 4.39 Å². The number of hydrogen-bond donors (Lipinski definition) is 1. The maximum Gasteiger partial charge on any atom is 0.278 e. The zero-order valence-electron chi connectivity index (χ0n) is 17.1. The molecule has 1 fully saturated rings. The van der Waals surface area contributed by atoms with Crippen LogP contribution in [0.15, 0.2) is 59.7 Å². The van der Waals surface area contributed by atoms with Crippen LogP contribution in [-0.2, 0) is 17.9 Å². The first-order valence-electron chi connectivity index (χ1n) is 10.6. The lowest BCUT2D eigenvalue weighted by Gasteiger charge is -2.13. The van der Waals surface area contributed by atoms with Crippen LogP contribution in [0.5, 0.6) is 0 Å². The lowest BCUT2D eigenvalue weighted by molar-refractivity contribution is -0.122. The Labute approximate surface area is 178 Å². The van der Waals surface area contributed by atoms with Gasteiger partial charge in [-0.1, -0.05) is 43.2 Å².